The van der Waals surface area contributed by atoms with Crippen LogP contribution >= 0.6 is 0 Å². The van der Waals surface area contributed by atoms with Gasteiger partial charge in [-0.2, -0.15) is 4.31 Å². The summed E-state index contributed by atoms with van der Waals surface area (Å²) in [6.07, 6.45) is 6.85. The summed E-state index contributed by atoms with van der Waals surface area (Å²) < 4.78 is 32.6. The highest BCUT2D eigenvalue weighted by Gasteiger charge is 2.29. The lowest BCUT2D eigenvalue weighted by atomic mass is 9.89. The number of nitrogens with one attached hydrogen (secondary N) is 1. The van der Waals surface area contributed by atoms with Gasteiger partial charge in [-0.15, -0.1) is 0 Å². The number of benzene rings is 1. The molecule has 2 heterocycles. The van der Waals surface area contributed by atoms with E-state index in [0.29, 0.717) is 32.0 Å². The van der Waals surface area contributed by atoms with Gasteiger partial charge in [-0.1, -0.05) is 25.3 Å². The molecule has 0 bridgehead atoms. The van der Waals surface area contributed by atoms with E-state index in [2.05, 4.69) is 15.1 Å². The molecule has 184 valence electrons. The molecule has 0 radical (unpaired) electrons. The number of carbonyl (C=O) groups excluding carboxylic acids is 1. The Morgan fingerprint density at radius 1 is 1.06 bits per heavy atom. The van der Waals surface area contributed by atoms with E-state index in [9.17, 15) is 13.2 Å². The molecule has 4 rings (SSSR count). The van der Waals surface area contributed by atoms with Crippen molar-refractivity contribution in [3.8, 4) is 0 Å². The topological polar surface area (TPSA) is 82.2 Å². The summed E-state index contributed by atoms with van der Waals surface area (Å²) >= 11 is 0. The van der Waals surface area contributed by atoms with Gasteiger partial charge in [-0.3, -0.25) is 9.69 Å². The molecular weight excluding hydrogens is 440 g/mol. The molecule has 3 aliphatic rings. The van der Waals surface area contributed by atoms with Gasteiger partial charge >= 0.3 is 0 Å². The predicted octanol–water partition coefficient (Wildman–Crippen LogP) is 2.23. The Hall–Kier alpha value is -1.52. The van der Waals surface area contributed by atoms with E-state index >= 15 is 0 Å². The lowest BCUT2D eigenvalue weighted by Crippen LogP contribution is -2.53. The third-order valence-corrected chi connectivity index (χ3v) is 9.18. The number of hydrogen-bond donors (Lipinski definition) is 1. The molecule has 9 heteroatoms. The second kappa shape index (κ2) is 11.3. The first kappa shape index (κ1) is 24.6. The van der Waals surface area contributed by atoms with Crippen molar-refractivity contribution in [2.75, 3.05) is 64.3 Å². The normalized spacial score (nSPS) is 23.3. The van der Waals surface area contributed by atoms with E-state index in [1.165, 1.54) is 43.0 Å². The third-order valence-electron chi connectivity index (χ3n) is 7.28. The number of amides is 1. The number of ether oxygens (including phenoxy) is 1. The van der Waals surface area contributed by atoms with Gasteiger partial charge in [0, 0.05) is 51.5 Å². The molecule has 1 atom stereocenters. The lowest BCUT2D eigenvalue weighted by Gasteiger charge is -2.39. The average Bonchev–Trinajstić information content (AvgIpc) is 2.85. The molecule has 1 aromatic carbocycles. The van der Waals surface area contributed by atoms with Gasteiger partial charge in [-0.05, 0) is 43.9 Å². The largest absolute Gasteiger partial charge is 0.379 e. The van der Waals surface area contributed by atoms with E-state index in [-0.39, 0.29) is 16.8 Å². The maximum absolute atomic E-state index is 12.9. The smallest absolute Gasteiger partial charge is 0.243 e. The Kier molecular flexibility index (Phi) is 8.40. The molecule has 0 aromatic heterocycles. The molecule has 1 unspecified atom stereocenters. The number of anilines is 1. The number of piperazine rings is 1. The molecule has 0 spiro atoms. The van der Waals surface area contributed by atoms with Crippen LogP contribution in [0.4, 0.5) is 5.69 Å². The van der Waals surface area contributed by atoms with Crippen molar-refractivity contribution in [2.45, 2.75) is 50.0 Å². The average molecular weight is 479 g/mol. The van der Waals surface area contributed by atoms with Crippen molar-refractivity contribution in [1.29, 1.82) is 0 Å². The molecule has 1 saturated carbocycles. The highest BCUT2D eigenvalue weighted by Crippen LogP contribution is 2.25. The minimum Gasteiger partial charge on any atom is -0.379 e. The van der Waals surface area contributed by atoms with Crippen LogP contribution in [0.25, 0.3) is 0 Å². The first-order valence-corrected chi connectivity index (χ1v) is 13.8. The SMILES string of the molecule is CC(C(=O)Nc1cccc(S(=O)(=O)N2CCOCC2)c1)N1CCN(CC2CCCCC2)CC1. The van der Waals surface area contributed by atoms with Crippen LogP contribution in [-0.4, -0.2) is 93.5 Å². The fourth-order valence-electron chi connectivity index (χ4n) is 5.15. The van der Waals surface area contributed by atoms with Gasteiger partial charge in [0.15, 0.2) is 0 Å². The van der Waals surface area contributed by atoms with Crippen molar-refractivity contribution in [2.24, 2.45) is 5.92 Å². The minimum atomic E-state index is -3.59. The Morgan fingerprint density at radius 2 is 1.76 bits per heavy atom. The fourth-order valence-corrected chi connectivity index (χ4v) is 6.61. The van der Waals surface area contributed by atoms with Gasteiger partial charge in [0.05, 0.1) is 24.2 Å². The summed E-state index contributed by atoms with van der Waals surface area (Å²) in [7, 11) is -3.59. The molecular formula is C24H38N4O4S. The van der Waals surface area contributed by atoms with E-state index in [0.717, 1.165) is 32.1 Å². The van der Waals surface area contributed by atoms with E-state index in [1.54, 1.807) is 24.3 Å². The molecule has 8 nitrogen and oxygen atoms in total. The zero-order chi connectivity index (χ0) is 23.3. The van der Waals surface area contributed by atoms with Crippen molar-refractivity contribution < 1.29 is 17.9 Å². The van der Waals surface area contributed by atoms with Crippen LogP contribution in [0.15, 0.2) is 29.2 Å². The number of sulfonamides is 1. The monoisotopic (exact) mass is 478 g/mol. The lowest BCUT2D eigenvalue weighted by molar-refractivity contribution is -0.121. The first-order valence-electron chi connectivity index (χ1n) is 12.4. The molecule has 1 N–H and O–H groups in total. The summed E-state index contributed by atoms with van der Waals surface area (Å²) in [5.41, 5.74) is 0.511. The summed E-state index contributed by atoms with van der Waals surface area (Å²) in [5, 5.41) is 2.93. The quantitative estimate of drug-likeness (QED) is 0.647. The van der Waals surface area contributed by atoms with Gasteiger partial charge in [0.25, 0.3) is 0 Å². The second-order valence-electron chi connectivity index (χ2n) is 9.55. The van der Waals surface area contributed by atoms with Crippen LogP contribution in [0.3, 0.4) is 0 Å². The zero-order valence-electron chi connectivity index (χ0n) is 19.7. The van der Waals surface area contributed by atoms with E-state index < -0.39 is 10.0 Å². The first-order chi connectivity index (χ1) is 15.9. The number of carbonyl (C=O) groups is 1. The Morgan fingerprint density at radius 3 is 2.45 bits per heavy atom. The predicted molar refractivity (Wildman–Crippen MR) is 129 cm³/mol. The number of rotatable bonds is 7. The molecule has 2 saturated heterocycles. The van der Waals surface area contributed by atoms with Gasteiger partial charge in [0.1, 0.15) is 0 Å². The van der Waals surface area contributed by atoms with Crippen LogP contribution < -0.4 is 5.32 Å². The maximum atomic E-state index is 12.9. The molecule has 3 fully saturated rings. The molecule has 33 heavy (non-hydrogen) atoms. The maximum Gasteiger partial charge on any atom is 0.243 e. The van der Waals surface area contributed by atoms with Gasteiger partial charge in [-0.25, -0.2) is 8.42 Å². The minimum absolute atomic E-state index is 0.100. The summed E-state index contributed by atoms with van der Waals surface area (Å²) in [6, 6.07) is 6.29. The number of morpholine rings is 1. The zero-order valence-corrected chi connectivity index (χ0v) is 20.6. The van der Waals surface area contributed by atoms with Crippen LogP contribution in [-0.2, 0) is 19.6 Å². The highest BCUT2D eigenvalue weighted by molar-refractivity contribution is 7.89. The van der Waals surface area contributed by atoms with Crippen LogP contribution in [0.5, 0.6) is 0 Å². The van der Waals surface area contributed by atoms with Crippen molar-refractivity contribution in [3.63, 3.8) is 0 Å². The third kappa shape index (κ3) is 6.33. The number of hydrogen-bond acceptors (Lipinski definition) is 6. The number of nitrogens with zero attached hydrogens (tertiary/aromatic N) is 3. The fraction of sp³-hybridized carbons (Fsp3) is 0.708. The van der Waals surface area contributed by atoms with Crippen LogP contribution in [0.1, 0.15) is 39.0 Å². The Bertz CT molecular complexity index is 889. The van der Waals surface area contributed by atoms with E-state index in [4.69, 9.17) is 4.74 Å². The standard InChI is InChI=1S/C24H38N4O4S/c1-20(27-12-10-26(11-13-27)19-21-6-3-2-4-7-21)24(29)25-22-8-5-9-23(18-22)33(30,31)28-14-16-32-17-15-28/h5,8-9,18,20-21H,2-4,6-7,10-17,19H2,1H3,(H,25,29). The van der Waals surface area contributed by atoms with Crippen molar-refractivity contribution >= 4 is 21.6 Å². The summed E-state index contributed by atoms with van der Waals surface area (Å²) in [5.74, 6) is 0.740. The summed E-state index contributed by atoms with van der Waals surface area (Å²) in [4.78, 5) is 17.9. The van der Waals surface area contributed by atoms with Crippen LogP contribution in [0.2, 0.25) is 0 Å². The van der Waals surface area contributed by atoms with Crippen molar-refractivity contribution in [3.05, 3.63) is 24.3 Å². The van der Waals surface area contributed by atoms with Crippen molar-refractivity contribution in [1.82, 2.24) is 14.1 Å². The second-order valence-corrected chi connectivity index (χ2v) is 11.5. The molecule has 2 aliphatic heterocycles. The van der Waals surface area contributed by atoms with Crippen LogP contribution in [0, 0.1) is 5.92 Å². The molecule has 1 amide bonds. The Labute approximate surface area is 198 Å². The summed E-state index contributed by atoms with van der Waals surface area (Å²) in [6.45, 7) is 8.40. The van der Waals surface area contributed by atoms with Gasteiger partial charge < -0.3 is 15.0 Å². The van der Waals surface area contributed by atoms with E-state index in [1.807, 2.05) is 6.92 Å². The van der Waals surface area contributed by atoms with Gasteiger partial charge in [0.2, 0.25) is 15.9 Å². The molecule has 1 aromatic rings. The highest BCUT2D eigenvalue weighted by atomic mass is 32.2. The molecule has 1 aliphatic carbocycles. The Balaban J connectivity index is 1.29.